The molecule has 2 aromatic rings. The Hall–Kier alpha value is -3.50. The minimum Gasteiger partial charge on any atom is -0.457 e. The molecular weight excluding hydrogens is 446 g/mol. The van der Waals surface area contributed by atoms with Crippen molar-refractivity contribution in [2.45, 2.75) is 52.2 Å². The van der Waals surface area contributed by atoms with E-state index in [1.165, 1.54) is 16.9 Å². The van der Waals surface area contributed by atoms with Crippen LogP contribution in [0.4, 0.5) is 5.69 Å². The van der Waals surface area contributed by atoms with Crippen LogP contribution < -0.4 is 22.0 Å². The number of rotatable bonds is 7. The molecular formula is C25H33N7O3. The molecule has 4 rings (SSSR count). The monoisotopic (exact) mass is 479 g/mol. The van der Waals surface area contributed by atoms with E-state index in [1.807, 2.05) is 19.1 Å². The first-order valence-electron chi connectivity index (χ1n) is 11.8. The number of nitrogens with one attached hydrogen (secondary N) is 1. The van der Waals surface area contributed by atoms with Crippen molar-refractivity contribution in [1.29, 1.82) is 0 Å². The molecule has 0 spiro atoms. The van der Waals surface area contributed by atoms with Crippen LogP contribution in [-0.2, 0) is 17.8 Å². The van der Waals surface area contributed by atoms with E-state index in [0.717, 1.165) is 55.6 Å². The molecule has 0 saturated carbocycles. The van der Waals surface area contributed by atoms with E-state index in [0.29, 0.717) is 23.6 Å². The van der Waals surface area contributed by atoms with Crippen molar-refractivity contribution in [3.8, 4) is 0 Å². The number of ether oxygens (including phenoxy) is 1. The first kappa shape index (κ1) is 24.6. The topological polar surface area (TPSA) is 139 Å². The van der Waals surface area contributed by atoms with Crippen molar-refractivity contribution in [2.75, 3.05) is 24.6 Å². The van der Waals surface area contributed by atoms with Gasteiger partial charge < -0.3 is 20.8 Å². The SMILES string of the molecule is Cc1cc(C(=O)NC2(C)CCN(CCc3ccc4c(c3C)COC4=O)CC2)ncc1N(N)/C=N\N. The summed E-state index contributed by atoms with van der Waals surface area (Å²) in [6, 6.07) is 5.64. The van der Waals surface area contributed by atoms with E-state index in [4.69, 9.17) is 16.4 Å². The Bertz CT molecular complexity index is 1160. The smallest absolute Gasteiger partial charge is 0.338 e. The van der Waals surface area contributed by atoms with Crippen LogP contribution in [-0.4, -0.2) is 53.3 Å². The number of benzene rings is 1. The fourth-order valence-corrected chi connectivity index (χ4v) is 4.76. The van der Waals surface area contributed by atoms with Crippen molar-refractivity contribution >= 4 is 23.9 Å². The van der Waals surface area contributed by atoms with E-state index in [9.17, 15) is 9.59 Å². The van der Waals surface area contributed by atoms with Gasteiger partial charge in [-0.1, -0.05) is 6.07 Å². The molecule has 1 amide bonds. The average Bonchev–Trinajstić information content (AvgIpc) is 3.21. The predicted octanol–water partition coefficient (Wildman–Crippen LogP) is 1.78. The Morgan fingerprint density at radius 3 is 2.77 bits per heavy atom. The maximum atomic E-state index is 12.9. The second kappa shape index (κ2) is 10.0. The van der Waals surface area contributed by atoms with Crippen molar-refractivity contribution in [2.24, 2.45) is 16.8 Å². The average molecular weight is 480 g/mol. The molecule has 0 bridgehead atoms. The van der Waals surface area contributed by atoms with Gasteiger partial charge in [-0.2, -0.15) is 5.10 Å². The lowest BCUT2D eigenvalue weighted by Gasteiger charge is -2.40. The molecule has 5 N–H and O–H groups in total. The molecule has 10 heteroatoms. The summed E-state index contributed by atoms with van der Waals surface area (Å²) < 4.78 is 5.17. The van der Waals surface area contributed by atoms with E-state index in [-0.39, 0.29) is 17.4 Å². The Labute approximate surface area is 205 Å². The zero-order valence-electron chi connectivity index (χ0n) is 20.5. The number of nitrogens with zero attached hydrogens (tertiary/aromatic N) is 4. The third-order valence-electron chi connectivity index (χ3n) is 7.14. The number of amides is 1. The molecule has 0 atom stereocenters. The molecule has 35 heavy (non-hydrogen) atoms. The molecule has 1 saturated heterocycles. The Morgan fingerprint density at radius 1 is 1.34 bits per heavy atom. The van der Waals surface area contributed by atoms with Gasteiger partial charge in [-0.3, -0.25) is 9.80 Å². The largest absolute Gasteiger partial charge is 0.457 e. The minimum atomic E-state index is -0.296. The maximum absolute atomic E-state index is 12.9. The number of anilines is 1. The predicted molar refractivity (Wildman–Crippen MR) is 134 cm³/mol. The number of pyridine rings is 1. The number of likely N-dealkylation sites (tertiary alicyclic amines) is 1. The van der Waals surface area contributed by atoms with E-state index in [2.05, 4.69) is 34.1 Å². The van der Waals surface area contributed by atoms with Gasteiger partial charge in [0.25, 0.3) is 5.91 Å². The van der Waals surface area contributed by atoms with Gasteiger partial charge >= 0.3 is 5.97 Å². The number of nitrogens with two attached hydrogens (primary N) is 2. The lowest BCUT2D eigenvalue weighted by molar-refractivity contribution is 0.0534. The van der Waals surface area contributed by atoms with Gasteiger partial charge in [-0.25, -0.2) is 15.6 Å². The molecule has 1 aromatic heterocycles. The van der Waals surface area contributed by atoms with Crippen LogP contribution in [0.15, 0.2) is 29.5 Å². The van der Waals surface area contributed by atoms with Gasteiger partial charge in [-0.15, -0.1) is 0 Å². The lowest BCUT2D eigenvalue weighted by atomic mass is 9.89. The Morgan fingerprint density at radius 2 is 2.09 bits per heavy atom. The van der Waals surface area contributed by atoms with Gasteiger partial charge in [0.1, 0.15) is 18.6 Å². The number of carbonyl (C=O) groups excluding carboxylic acids is 2. The number of fused-ring (bicyclic) bond motifs is 1. The number of carbonyl (C=O) groups is 2. The zero-order valence-corrected chi connectivity index (χ0v) is 20.5. The highest BCUT2D eigenvalue weighted by Crippen LogP contribution is 2.27. The van der Waals surface area contributed by atoms with Gasteiger partial charge in [0.2, 0.25) is 0 Å². The second-order valence-electron chi connectivity index (χ2n) is 9.59. The van der Waals surface area contributed by atoms with Crippen LogP contribution >= 0.6 is 0 Å². The number of hydrazone groups is 1. The highest BCUT2D eigenvalue weighted by molar-refractivity contribution is 5.94. The van der Waals surface area contributed by atoms with Crippen LogP contribution in [0.5, 0.6) is 0 Å². The number of esters is 1. The molecule has 2 aliphatic rings. The van der Waals surface area contributed by atoms with Crippen molar-refractivity contribution in [1.82, 2.24) is 15.2 Å². The third kappa shape index (κ3) is 5.28. The molecule has 3 heterocycles. The summed E-state index contributed by atoms with van der Waals surface area (Å²) in [4.78, 5) is 31.4. The van der Waals surface area contributed by atoms with Crippen LogP contribution in [0.3, 0.4) is 0 Å². The standard InChI is InChI=1S/C25H33N7O3/c1-16-12-21(28-13-22(16)32(27)15-29-26)23(33)30-25(3)7-10-31(11-8-25)9-6-18-4-5-19-20(17(18)2)14-35-24(19)34/h4-5,12-13,15H,6-11,14,26-27H2,1-3H3,(H,30,33)/b29-15-. The second-order valence-corrected chi connectivity index (χ2v) is 9.59. The van der Waals surface area contributed by atoms with Gasteiger partial charge in [0.05, 0.1) is 17.4 Å². The summed E-state index contributed by atoms with van der Waals surface area (Å²) in [5.41, 5.74) is 5.59. The van der Waals surface area contributed by atoms with Crippen molar-refractivity contribution in [3.05, 3.63) is 57.9 Å². The highest BCUT2D eigenvalue weighted by atomic mass is 16.5. The van der Waals surface area contributed by atoms with Gasteiger partial charge in [0, 0.05) is 30.7 Å². The van der Waals surface area contributed by atoms with Crippen LogP contribution in [0.25, 0.3) is 0 Å². The van der Waals surface area contributed by atoms with Crippen molar-refractivity contribution < 1.29 is 14.3 Å². The van der Waals surface area contributed by atoms with Gasteiger partial charge in [0.15, 0.2) is 0 Å². The molecule has 1 aromatic carbocycles. The van der Waals surface area contributed by atoms with E-state index in [1.54, 1.807) is 12.3 Å². The van der Waals surface area contributed by atoms with Crippen LogP contribution in [0.2, 0.25) is 0 Å². The molecule has 0 unspecified atom stereocenters. The maximum Gasteiger partial charge on any atom is 0.338 e. The first-order valence-corrected chi connectivity index (χ1v) is 11.8. The van der Waals surface area contributed by atoms with E-state index >= 15 is 0 Å². The number of cyclic esters (lactones) is 1. The third-order valence-corrected chi connectivity index (χ3v) is 7.14. The summed E-state index contributed by atoms with van der Waals surface area (Å²) in [7, 11) is 0. The number of piperidine rings is 1. The number of hydrogen-bond acceptors (Lipinski definition) is 8. The first-order chi connectivity index (χ1) is 16.7. The molecule has 0 radical (unpaired) electrons. The highest BCUT2D eigenvalue weighted by Gasteiger charge is 2.32. The molecule has 2 aliphatic heterocycles. The molecule has 186 valence electrons. The fourth-order valence-electron chi connectivity index (χ4n) is 4.76. The molecule has 10 nitrogen and oxygen atoms in total. The van der Waals surface area contributed by atoms with E-state index < -0.39 is 0 Å². The normalized spacial score (nSPS) is 17.3. The number of aromatic nitrogens is 1. The summed E-state index contributed by atoms with van der Waals surface area (Å²) in [5, 5.41) is 7.85. The summed E-state index contributed by atoms with van der Waals surface area (Å²) >= 11 is 0. The fraction of sp³-hybridized carbons (Fsp3) is 0.440. The number of hydrazine groups is 1. The zero-order chi connectivity index (χ0) is 25.2. The van der Waals surface area contributed by atoms with Crippen LogP contribution in [0.1, 0.15) is 62.9 Å². The Balaban J connectivity index is 1.31. The summed E-state index contributed by atoms with van der Waals surface area (Å²) in [6.45, 7) is 9.11. The van der Waals surface area contributed by atoms with Gasteiger partial charge in [-0.05, 0) is 68.9 Å². The summed E-state index contributed by atoms with van der Waals surface area (Å²) in [5.74, 6) is 10.6. The van der Waals surface area contributed by atoms with Crippen LogP contribution in [0, 0.1) is 13.8 Å². The molecule has 1 fully saturated rings. The number of aryl methyl sites for hydroxylation is 1. The van der Waals surface area contributed by atoms with Crippen molar-refractivity contribution in [3.63, 3.8) is 0 Å². The summed E-state index contributed by atoms with van der Waals surface area (Å²) in [6.07, 6.45) is 5.44. The lowest BCUT2D eigenvalue weighted by Crippen LogP contribution is -2.53. The quantitative estimate of drug-likeness (QED) is 0.180. The number of hydrogen-bond donors (Lipinski definition) is 3. The Kier molecular flexibility index (Phi) is 7.04. The molecule has 0 aliphatic carbocycles. The minimum absolute atomic E-state index is 0.197.